The third kappa shape index (κ3) is 3.70. The third-order valence-electron chi connectivity index (χ3n) is 3.22. The molecule has 1 aliphatic rings. The van der Waals surface area contributed by atoms with Gasteiger partial charge in [-0.15, -0.1) is 0 Å². The van der Waals surface area contributed by atoms with Crippen LogP contribution < -0.4 is 15.8 Å². The molecule has 2 atom stereocenters. The second-order valence-electron chi connectivity index (χ2n) is 4.86. The number of ether oxygens (including phenoxy) is 1. The normalized spacial score (nSPS) is 21.4. The first kappa shape index (κ1) is 14.3. The van der Waals surface area contributed by atoms with Crippen LogP contribution in [0.1, 0.15) is 37.8 Å². The zero-order valence-electron chi connectivity index (χ0n) is 11.0. The van der Waals surface area contributed by atoms with Crippen LogP contribution in [0.5, 0.6) is 5.75 Å². The van der Waals surface area contributed by atoms with Crippen LogP contribution in [0.4, 0.5) is 0 Å². The largest absolute Gasteiger partial charge is 0.480 e. The van der Waals surface area contributed by atoms with E-state index in [1.54, 1.807) is 0 Å². The maximum absolute atomic E-state index is 11.9. The molecular formula is C14H19BrN2O2. The van der Waals surface area contributed by atoms with Crippen LogP contribution in [-0.4, -0.2) is 18.6 Å². The van der Waals surface area contributed by atoms with Crippen LogP contribution in [0.2, 0.25) is 0 Å². The van der Waals surface area contributed by atoms with Crippen molar-refractivity contribution in [2.24, 2.45) is 5.73 Å². The molecule has 2 rings (SSSR count). The Morgan fingerprint density at radius 2 is 2.26 bits per heavy atom. The molecule has 0 saturated carbocycles. The fourth-order valence-corrected chi connectivity index (χ4v) is 2.50. The van der Waals surface area contributed by atoms with Crippen molar-refractivity contribution in [2.45, 2.75) is 38.3 Å². The molecule has 19 heavy (non-hydrogen) atoms. The summed E-state index contributed by atoms with van der Waals surface area (Å²) in [7, 11) is 0. The molecule has 1 aliphatic heterocycles. The second kappa shape index (κ2) is 6.39. The predicted octanol–water partition coefficient (Wildman–Crippen LogP) is 2.52. The van der Waals surface area contributed by atoms with Gasteiger partial charge < -0.3 is 15.8 Å². The summed E-state index contributed by atoms with van der Waals surface area (Å²) in [6.07, 6.45) is 2.32. The Hall–Kier alpha value is -1.07. The average molecular weight is 327 g/mol. The van der Waals surface area contributed by atoms with Gasteiger partial charge in [0.05, 0.1) is 0 Å². The van der Waals surface area contributed by atoms with E-state index in [-0.39, 0.29) is 11.9 Å². The first-order chi connectivity index (χ1) is 9.08. The highest BCUT2D eigenvalue weighted by atomic mass is 79.9. The van der Waals surface area contributed by atoms with Crippen molar-refractivity contribution < 1.29 is 9.53 Å². The Bertz CT molecular complexity index is 463. The van der Waals surface area contributed by atoms with E-state index in [9.17, 15) is 4.79 Å². The summed E-state index contributed by atoms with van der Waals surface area (Å²) in [6.45, 7) is 2.64. The van der Waals surface area contributed by atoms with Gasteiger partial charge in [0.2, 0.25) is 0 Å². The molecule has 1 heterocycles. The van der Waals surface area contributed by atoms with E-state index in [0.29, 0.717) is 5.75 Å². The molecule has 1 amide bonds. The van der Waals surface area contributed by atoms with Crippen molar-refractivity contribution in [3.8, 4) is 5.75 Å². The Morgan fingerprint density at radius 3 is 3.00 bits per heavy atom. The summed E-state index contributed by atoms with van der Waals surface area (Å²) >= 11 is 3.42. The number of nitrogens with one attached hydrogen (secondary N) is 1. The summed E-state index contributed by atoms with van der Waals surface area (Å²) in [5.41, 5.74) is 6.86. The number of carbonyl (C=O) groups excluding carboxylic acids is 1. The van der Waals surface area contributed by atoms with Gasteiger partial charge >= 0.3 is 0 Å². The third-order valence-corrected chi connectivity index (χ3v) is 3.71. The number of nitrogens with two attached hydrogens (primary N) is 1. The van der Waals surface area contributed by atoms with Crippen molar-refractivity contribution in [3.05, 3.63) is 28.2 Å². The topological polar surface area (TPSA) is 64.3 Å². The molecule has 1 fully saturated rings. The Labute approximate surface area is 121 Å². The van der Waals surface area contributed by atoms with Gasteiger partial charge in [-0.3, -0.25) is 4.79 Å². The first-order valence-corrected chi connectivity index (χ1v) is 7.36. The predicted molar refractivity (Wildman–Crippen MR) is 78.0 cm³/mol. The number of halogens is 1. The van der Waals surface area contributed by atoms with Crippen LogP contribution in [0.3, 0.4) is 0 Å². The van der Waals surface area contributed by atoms with Gasteiger partial charge in [-0.1, -0.05) is 22.0 Å². The maximum atomic E-state index is 11.9. The lowest BCUT2D eigenvalue weighted by Gasteiger charge is -2.20. The highest BCUT2D eigenvalue weighted by Crippen LogP contribution is 2.29. The van der Waals surface area contributed by atoms with Crippen molar-refractivity contribution in [3.63, 3.8) is 0 Å². The molecule has 1 aromatic rings. The summed E-state index contributed by atoms with van der Waals surface area (Å²) in [4.78, 5) is 11.9. The van der Waals surface area contributed by atoms with E-state index in [0.717, 1.165) is 35.8 Å². The van der Waals surface area contributed by atoms with Gasteiger partial charge in [0.25, 0.3) is 5.91 Å². The molecular weight excluding hydrogens is 308 g/mol. The zero-order chi connectivity index (χ0) is 13.8. The second-order valence-corrected chi connectivity index (χ2v) is 5.78. The molecule has 0 aromatic heterocycles. The minimum absolute atomic E-state index is 0.0342. The number of hydrogen-bond acceptors (Lipinski definition) is 3. The Balaban J connectivity index is 2.21. The lowest BCUT2D eigenvalue weighted by atomic mass is 10.1. The van der Waals surface area contributed by atoms with Crippen LogP contribution in [0, 0.1) is 0 Å². The molecule has 2 unspecified atom stereocenters. The molecule has 104 valence electrons. The SMILES string of the molecule is CC(N)c1ccc(Br)cc1OC1CCCCNC1=O. The van der Waals surface area contributed by atoms with E-state index < -0.39 is 6.10 Å². The lowest BCUT2D eigenvalue weighted by molar-refractivity contribution is -0.127. The van der Waals surface area contributed by atoms with Crippen LogP contribution in [0.15, 0.2) is 22.7 Å². The van der Waals surface area contributed by atoms with E-state index in [1.165, 1.54) is 0 Å². The van der Waals surface area contributed by atoms with E-state index in [2.05, 4.69) is 21.2 Å². The number of carbonyl (C=O) groups is 1. The van der Waals surface area contributed by atoms with Crippen molar-refractivity contribution in [2.75, 3.05) is 6.54 Å². The number of amides is 1. The summed E-state index contributed by atoms with van der Waals surface area (Å²) < 4.78 is 6.82. The smallest absolute Gasteiger partial charge is 0.261 e. The van der Waals surface area contributed by atoms with Gasteiger partial charge in [-0.25, -0.2) is 0 Å². The molecule has 1 saturated heterocycles. The van der Waals surface area contributed by atoms with Crippen LogP contribution in [-0.2, 0) is 4.79 Å². The molecule has 0 aliphatic carbocycles. The first-order valence-electron chi connectivity index (χ1n) is 6.57. The Morgan fingerprint density at radius 1 is 1.47 bits per heavy atom. The van der Waals surface area contributed by atoms with E-state index in [4.69, 9.17) is 10.5 Å². The molecule has 0 bridgehead atoms. The lowest BCUT2D eigenvalue weighted by Crippen LogP contribution is -2.36. The number of rotatable bonds is 3. The quantitative estimate of drug-likeness (QED) is 0.897. The minimum Gasteiger partial charge on any atom is -0.480 e. The van der Waals surface area contributed by atoms with Crippen molar-refractivity contribution >= 4 is 21.8 Å². The number of hydrogen-bond donors (Lipinski definition) is 2. The standard InChI is InChI=1S/C14H19BrN2O2/c1-9(16)11-6-5-10(15)8-13(11)19-12-4-2-3-7-17-14(12)18/h5-6,8-9,12H,2-4,7,16H2,1H3,(H,17,18). The van der Waals surface area contributed by atoms with Gasteiger partial charge in [0.15, 0.2) is 6.10 Å². The van der Waals surface area contributed by atoms with Crippen LogP contribution in [0.25, 0.3) is 0 Å². The zero-order valence-corrected chi connectivity index (χ0v) is 12.6. The summed E-state index contributed by atoms with van der Waals surface area (Å²) in [5, 5.41) is 2.87. The van der Waals surface area contributed by atoms with Gasteiger partial charge in [0, 0.05) is 22.6 Å². The number of benzene rings is 1. The molecule has 1 aromatic carbocycles. The summed E-state index contributed by atoms with van der Waals surface area (Å²) in [6, 6.07) is 5.60. The van der Waals surface area contributed by atoms with E-state index >= 15 is 0 Å². The minimum atomic E-state index is -0.422. The highest BCUT2D eigenvalue weighted by molar-refractivity contribution is 9.10. The average Bonchev–Trinajstić information content (AvgIpc) is 2.55. The Kier molecular flexibility index (Phi) is 4.82. The fraction of sp³-hybridized carbons (Fsp3) is 0.500. The molecule has 0 radical (unpaired) electrons. The van der Waals surface area contributed by atoms with Crippen LogP contribution >= 0.6 is 15.9 Å². The van der Waals surface area contributed by atoms with Crippen molar-refractivity contribution in [1.29, 1.82) is 0 Å². The van der Waals surface area contributed by atoms with E-state index in [1.807, 2.05) is 25.1 Å². The molecule has 5 heteroatoms. The fourth-order valence-electron chi connectivity index (χ4n) is 2.16. The molecule has 0 spiro atoms. The molecule has 4 nitrogen and oxygen atoms in total. The highest BCUT2D eigenvalue weighted by Gasteiger charge is 2.23. The summed E-state index contributed by atoms with van der Waals surface area (Å²) in [5.74, 6) is 0.652. The van der Waals surface area contributed by atoms with Gasteiger partial charge in [-0.2, -0.15) is 0 Å². The molecule has 3 N–H and O–H groups in total. The van der Waals surface area contributed by atoms with Gasteiger partial charge in [-0.05, 0) is 38.3 Å². The van der Waals surface area contributed by atoms with Crippen molar-refractivity contribution in [1.82, 2.24) is 5.32 Å². The van der Waals surface area contributed by atoms with Gasteiger partial charge in [0.1, 0.15) is 5.75 Å². The maximum Gasteiger partial charge on any atom is 0.261 e. The monoisotopic (exact) mass is 326 g/mol.